The van der Waals surface area contributed by atoms with Gasteiger partial charge in [-0.25, -0.2) is 4.98 Å². The number of piperidine rings is 1. The lowest BCUT2D eigenvalue weighted by Gasteiger charge is -2.26. The molecule has 0 unspecified atom stereocenters. The lowest BCUT2D eigenvalue weighted by molar-refractivity contribution is -0.129. The second-order valence-electron chi connectivity index (χ2n) is 5.59. The maximum atomic E-state index is 12.2. The molecule has 1 amide bonds. The van der Waals surface area contributed by atoms with E-state index in [9.17, 15) is 4.79 Å². The summed E-state index contributed by atoms with van der Waals surface area (Å²) in [6, 6.07) is 8.39. The van der Waals surface area contributed by atoms with Crippen molar-refractivity contribution in [2.45, 2.75) is 30.5 Å². The van der Waals surface area contributed by atoms with Gasteiger partial charge in [0.05, 0.1) is 11.4 Å². The van der Waals surface area contributed by atoms with Gasteiger partial charge in [-0.15, -0.1) is 11.3 Å². The van der Waals surface area contributed by atoms with Crippen LogP contribution in [0.2, 0.25) is 0 Å². The molecule has 0 atom stereocenters. The summed E-state index contributed by atoms with van der Waals surface area (Å²) in [6.07, 6.45) is 3.54. The molecule has 1 aliphatic rings. The number of thioether (sulfide) groups is 1. The molecule has 2 aromatic rings. The summed E-state index contributed by atoms with van der Waals surface area (Å²) in [4.78, 5) is 18.8. The highest BCUT2D eigenvalue weighted by Gasteiger charge is 2.17. The molecule has 116 valence electrons. The Balaban J connectivity index is 1.57. The van der Waals surface area contributed by atoms with E-state index >= 15 is 0 Å². The van der Waals surface area contributed by atoms with Crippen LogP contribution in [0.5, 0.6) is 0 Å². The SMILES string of the molecule is Cc1ccc(-c2csc(SCC(=O)N3CCCCC3)n2)cc1. The molecule has 1 aromatic heterocycles. The van der Waals surface area contributed by atoms with Crippen molar-refractivity contribution in [3.05, 3.63) is 35.2 Å². The molecule has 1 fully saturated rings. The van der Waals surface area contributed by atoms with E-state index in [2.05, 4.69) is 41.6 Å². The average Bonchev–Trinajstić information content (AvgIpc) is 3.03. The minimum atomic E-state index is 0.247. The monoisotopic (exact) mass is 332 g/mol. The molecule has 1 aliphatic heterocycles. The smallest absolute Gasteiger partial charge is 0.233 e. The fourth-order valence-electron chi connectivity index (χ4n) is 2.54. The van der Waals surface area contributed by atoms with E-state index < -0.39 is 0 Å². The van der Waals surface area contributed by atoms with Crippen molar-refractivity contribution in [2.75, 3.05) is 18.8 Å². The molecule has 0 aliphatic carbocycles. The van der Waals surface area contributed by atoms with Crippen molar-refractivity contribution in [1.82, 2.24) is 9.88 Å². The summed E-state index contributed by atoms with van der Waals surface area (Å²) >= 11 is 3.18. The summed E-state index contributed by atoms with van der Waals surface area (Å²) in [5.41, 5.74) is 3.38. The predicted molar refractivity (Wildman–Crippen MR) is 93.4 cm³/mol. The van der Waals surface area contributed by atoms with E-state index in [1.54, 1.807) is 23.1 Å². The topological polar surface area (TPSA) is 33.2 Å². The minimum absolute atomic E-state index is 0.247. The number of thiazole rings is 1. The van der Waals surface area contributed by atoms with Crippen LogP contribution in [0.15, 0.2) is 34.0 Å². The standard InChI is InChI=1S/C17H20N2OS2/c1-13-5-7-14(8-6-13)15-11-21-17(18-15)22-12-16(20)19-9-3-2-4-10-19/h5-8,11H,2-4,9-10,12H2,1H3. The number of likely N-dealkylation sites (tertiary alicyclic amines) is 1. The van der Waals surface area contributed by atoms with Crippen LogP contribution in [-0.2, 0) is 4.79 Å². The Hall–Kier alpha value is -1.33. The molecule has 1 aromatic carbocycles. The number of hydrogen-bond acceptors (Lipinski definition) is 4. The molecule has 0 N–H and O–H groups in total. The number of amides is 1. The van der Waals surface area contributed by atoms with Gasteiger partial charge in [-0.1, -0.05) is 41.6 Å². The summed E-state index contributed by atoms with van der Waals surface area (Å²) in [5, 5.41) is 2.07. The van der Waals surface area contributed by atoms with Gasteiger partial charge in [0, 0.05) is 24.0 Å². The van der Waals surface area contributed by atoms with Crippen LogP contribution in [0, 0.1) is 6.92 Å². The zero-order valence-corrected chi connectivity index (χ0v) is 14.4. The first-order valence-electron chi connectivity index (χ1n) is 7.65. The van der Waals surface area contributed by atoms with Gasteiger partial charge in [0.1, 0.15) is 0 Å². The molecule has 0 bridgehead atoms. The Morgan fingerprint density at radius 2 is 1.95 bits per heavy atom. The van der Waals surface area contributed by atoms with Crippen LogP contribution >= 0.6 is 23.1 Å². The quantitative estimate of drug-likeness (QED) is 0.786. The molecule has 3 nitrogen and oxygen atoms in total. The summed E-state index contributed by atoms with van der Waals surface area (Å²) in [6.45, 7) is 3.93. The number of hydrogen-bond donors (Lipinski definition) is 0. The molecule has 0 spiro atoms. The van der Waals surface area contributed by atoms with Crippen LogP contribution in [-0.4, -0.2) is 34.6 Å². The Morgan fingerprint density at radius 3 is 2.68 bits per heavy atom. The molecule has 5 heteroatoms. The highest BCUT2D eigenvalue weighted by molar-refractivity contribution is 8.01. The molecular weight excluding hydrogens is 312 g/mol. The summed E-state index contributed by atoms with van der Waals surface area (Å²) in [5.74, 6) is 0.748. The second-order valence-corrected chi connectivity index (χ2v) is 7.68. The predicted octanol–water partition coefficient (Wildman–Crippen LogP) is 4.22. The van der Waals surface area contributed by atoms with Crippen molar-refractivity contribution < 1.29 is 4.79 Å². The number of carbonyl (C=O) groups is 1. The van der Waals surface area contributed by atoms with E-state index in [1.807, 2.05) is 4.90 Å². The first-order valence-corrected chi connectivity index (χ1v) is 9.52. The minimum Gasteiger partial charge on any atom is -0.342 e. The van der Waals surface area contributed by atoms with Gasteiger partial charge in [0.15, 0.2) is 4.34 Å². The zero-order valence-electron chi connectivity index (χ0n) is 12.7. The summed E-state index contributed by atoms with van der Waals surface area (Å²) < 4.78 is 0.973. The number of benzene rings is 1. The molecule has 2 heterocycles. The Bertz CT molecular complexity index is 630. The lowest BCUT2D eigenvalue weighted by atomic mass is 10.1. The normalized spacial score (nSPS) is 15.0. The Kier molecular flexibility index (Phi) is 5.16. The third-order valence-electron chi connectivity index (χ3n) is 3.86. The third kappa shape index (κ3) is 3.90. The van der Waals surface area contributed by atoms with E-state index in [0.29, 0.717) is 5.75 Å². The Labute approximate surface area is 139 Å². The maximum absolute atomic E-state index is 12.2. The maximum Gasteiger partial charge on any atom is 0.233 e. The highest BCUT2D eigenvalue weighted by atomic mass is 32.2. The van der Waals surface area contributed by atoms with Gasteiger partial charge in [-0.3, -0.25) is 4.79 Å². The number of aromatic nitrogens is 1. The van der Waals surface area contributed by atoms with Crippen molar-refractivity contribution >= 4 is 29.0 Å². The number of aryl methyl sites for hydroxylation is 1. The second kappa shape index (κ2) is 7.29. The third-order valence-corrected chi connectivity index (χ3v) is 5.86. The molecule has 0 radical (unpaired) electrons. The van der Waals surface area contributed by atoms with Gasteiger partial charge in [-0.05, 0) is 26.2 Å². The fourth-order valence-corrected chi connectivity index (χ4v) is 4.28. The van der Waals surface area contributed by atoms with Gasteiger partial charge >= 0.3 is 0 Å². The van der Waals surface area contributed by atoms with Crippen molar-refractivity contribution in [1.29, 1.82) is 0 Å². The largest absolute Gasteiger partial charge is 0.342 e. The molecule has 3 rings (SSSR count). The van der Waals surface area contributed by atoms with Crippen LogP contribution < -0.4 is 0 Å². The van der Waals surface area contributed by atoms with Crippen molar-refractivity contribution in [2.24, 2.45) is 0 Å². The number of nitrogens with zero attached hydrogens (tertiary/aromatic N) is 2. The molecular formula is C17H20N2OS2. The van der Waals surface area contributed by atoms with Gasteiger partial charge in [-0.2, -0.15) is 0 Å². The average molecular weight is 332 g/mol. The van der Waals surface area contributed by atoms with Crippen LogP contribution in [0.3, 0.4) is 0 Å². The fraction of sp³-hybridized carbons (Fsp3) is 0.412. The highest BCUT2D eigenvalue weighted by Crippen LogP contribution is 2.28. The molecule has 22 heavy (non-hydrogen) atoms. The van der Waals surface area contributed by atoms with E-state index in [-0.39, 0.29) is 5.91 Å². The van der Waals surface area contributed by atoms with Gasteiger partial charge < -0.3 is 4.90 Å². The zero-order chi connectivity index (χ0) is 15.4. The first-order chi connectivity index (χ1) is 10.7. The molecule has 0 saturated carbocycles. The lowest BCUT2D eigenvalue weighted by Crippen LogP contribution is -2.36. The van der Waals surface area contributed by atoms with E-state index in [1.165, 1.54) is 12.0 Å². The van der Waals surface area contributed by atoms with E-state index in [4.69, 9.17) is 0 Å². The first kappa shape index (κ1) is 15.6. The molecule has 1 saturated heterocycles. The van der Waals surface area contributed by atoms with E-state index in [0.717, 1.165) is 41.5 Å². The van der Waals surface area contributed by atoms with Gasteiger partial charge in [0.25, 0.3) is 0 Å². The Morgan fingerprint density at radius 1 is 1.23 bits per heavy atom. The van der Waals surface area contributed by atoms with Crippen molar-refractivity contribution in [3.63, 3.8) is 0 Å². The van der Waals surface area contributed by atoms with Gasteiger partial charge in [0.2, 0.25) is 5.91 Å². The number of carbonyl (C=O) groups excluding carboxylic acids is 1. The number of rotatable bonds is 4. The summed E-state index contributed by atoms with van der Waals surface area (Å²) in [7, 11) is 0. The van der Waals surface area contributed by atoms with Crippen molar-refractivity contribution in [3.8, 4) is 11.3 Å². The van der Waals surface area contributed by atoms with Crippen LogP contribution in [0.25, 0.3) is 11.3 Å². The van der Waals surface area contributed by atoms with Crippen LogP contribution in [0.1, 0.15) is 24.8 Å². The van der Waals surface area contributed by atoms with Crippen LogP contribution in [0.4, 0.5) is 0 Å².